The van der Waals surface area contributed by atoms with Crippen LogP contribution >= 0.6 is 27.5 Å². The first-order chi connectivity index (χ1) is 9.18. The summed E-state index contributed by atoms with van der Waals surface area (Å²) in [5.41, 5.74) is 5.22. The maximum atomic E-state index is 14.2. The van der Waals surface area contributed by atoms with E-state index in [1.54, 1.807) is 0 Å². The Kier molecular flexibility index (Phi) is 5.83. The highest BCUT2D eigenvalue weighted by atomic mass is 79.9. The Morgan fingerprint density at radius 1 is 1.45 bits per heavy atom. The number of hydrogen-bond acceptors (Lipinski definition) is 3. The van der Waals surface area contributed by atoms with Crippen LogP contribution in [0.1, 0.15) is 26.7 Å². The molecule has 2 N–H and O–H groups in total. The van der Waals surface area contributed by atoms with Gasteiger partial charge in [-0.3, -0.25) is 0 Å². The van der Waals surface area contributed by atoms with E-state index in [2.05, 4.69) is 15.9 Å². The van der Waals surface area contributed by atoms with Crippen molar-refractivity contribution in [3.8, 4) is 0 Å². The second-order valence-corrected chi connectivity index (χ2v) is 7.56. The molecule has 0 bridgehead atoms. The molecule has 20 heavy (non-hydrogen) atoms. The van der Waals surface area contributed by atoms with E-state index in [0.717, 1.165) is 10.4 Å². The van der Waals surface area contributed by atoms with Crippen molar-refractivity contribution in [2.24, 2.45) is 0 Å². The van der Waals surface area contributed by atoms with Gasteiger partial charge < -0.3 is 5.73 Å². The van der Waals surface area contributed by atoms with Gasteiger partial charge in [-0.25, -0.2) is 12.8 Å². The van der Waals surface area contributed by atoms with Crippen LogP contribution in [0.3, 0.4) is 0 Å². The highest BCUT2D eigenvalue weighted by molar-refractivity contribution is 9.10. The fourth-order valence-corrected chi connectivity index (χ4v) is 4.11. The van der Waals surface area contributed by atoms with Crippen LogP contribution in [0, 0.1) is 5.82 Å². The minimum Gasteiger partial charge on any atom is -0.395 e. The van der Waals surface area contributed by atoms with Gasteiger partial charge in [0, 0.05) is 13.1 Å². The van der Waals surface area contributed by atoms with Gasteiger partial charge in [0.15, 0.2) is 5.82 Å². The van der Waals surface area contributed by atoms with Gasteiger partial charge in [-0.15, -0.1) is 0 Å². The number of rotatable bonds is 5. The minimum atomic E-state index is -3.98. The molecule has 1 rings (SSSR count). The lowest BCUT2D eigenvalue weighted by molar-refractivity contribution is 0.348. The van der Waals surface area contributed by atoms with Crippen molar-refractivity contribution in [2.75, 3.05) is 12.8 Å². The van der Waals surface area contributed by atoms with Crippen molar-refractivity contribution in [1.82, 2.24) is 4.31 Å². The third-order valence-corrected chi connectivity index (χ3v) is 6.56. The fourth-order valence-electron chi connectivity index (χ4n) is 1.94. The molecule has 0 atom stereocenters. The summed E-state index contributed by atoms with van der Waals surface area (Å²) in [7, 11) is -2.55. The topological polar surface area (TPSA) is 63.4 Å². The molecule has 0 radical (unpaired) electrons. The lowest BCUT2D eigenvalue weighted by atomic mass is 10.2. The third-order valence-electron chi connectivity index (χ3n) is 3.27. The van der Waals surface area contributed by atoms with Gasteiger partial charge in [-0.05, 0) is 34.8 Å². The van der Waals surface area contributed by atoms with Crippen molar-refractivity contribution < 1.29 is 12.8 Å². The number of nitrogens with two attached hydrogens (primary N) is 1. The van der Waals surface area contributed by atoms with Gasteiger partial charge in [0.1, 0.15) is 4.90 Å². The zero-order valence-electron chi connectivity index (χ0n) is 11.5. The van der Waals surface area contributed by atoms with Crippen LogP contribution in [0.2, 0.25) is 5.02 Å². The van der Waals surface area contributed by atoms with Crippen molar-refractivity contribution in [2.45, 2.75) is 37.6 Å². The Labute approximate surface area is 132 Å². The summed E-state index contributed by atoms with van der Waals surface area (Å²) in [5, 5.41) is 0.0559. The predicted octanol–water partition coefficient (Wildman–Crippen LogP) is 3.63. The summed E-state index contributed by atoms with van der Waals surface area (Å²) in [5.74, 6) is -0.987. The van der Waals surface area contributed by atoms with E-state index in [4.69, 9.17) is 17.3 Å². The summed E-state index contributed by atoms with van der Waals surface area (Å²) in [6.45, 7) is 3.75. The Hall–Kier alpha value is -0.370. The first-order valence-electron chi connectivity index (χ1n) is 6.09. The smallest absolute Gasteiger partial charge is 0.246 e. The largest absolute Gasteiger partial charge is 0.395 e. The molecule has 114 valence electrons. The molecule has 1 aromatic rings. The Balaban J connectivity index is 3.44. The van der Waals surface area contributed by atoms with Crippen LogP contribution in [0.15, 0.2) is 15.4 Å². The summed E-state index contributed by atoms with van der Waals surface area (Å²) < 4.78 is 40.4. The van der Waals surface area contributed by atoms with E-state index < -0.39 is 20.7 Å². The van der Waals surface area contributed by atoms with Gasteiger partial charge in [0.2, 0.25) is 10.0 Å². The summed E-state index contributed by atoms with van der Waals surface area (Å²) >= 11 is 8.89. The van der Waals surface area contributed by atoms with Crippen LogP contribution in [-0.4, -0.2) is 25.8 Å². The van der Waals surface area contributed by atoms with Crippen molar-refractivity contribution in [1.29, 1.82) is 0 Å². The number of nitrogens with zero attached hydrogens (tertiary/aromatic N) is 1. The zero-order chi connectivity index (χ0) is 15.7. The molecule has 0 spiro atoms. The fraction of sp³-hybridized carbons (Fsp3) is 0.500. The monoisotopic (exact) mass is 386 g/mol. The van der Waals surface area contributed by atoms with E-state index in [9.17, 15) is 12.8 Å². The molecule has 8 heteroatoms. The highest BCUT2D eigenvalue weighted by Crippen LogP contribution is 2.36. The Bertz CT molecular complexity index is 606. The Morgan fingerprint density at radius 2 is 1.95 bits per heavy atom. The summed E-state index contributed by atoms with van der Waals surface area (Å²) in [6, 6.07) is 0.869. The lowest BCUT2D eigenvalue weighted by Gasteiger charge is -2.26. The SMILES string of the molecule is CCC(CC)N(C)S(=O)(=O)c1cc(Cl)c(Br)c(N)c1F. The molecule has 0 aliphatic heterocycles. The maximum Gasteiger partial charge on any atom is 0.246 e. The number of nitrogen functional groups attached to an aromatic ring is 1. The molecule has 0 amide bonds. The lowest BCUT2D eigenvalue weighted by Crippen LogP contribution is -2.36. The quantitative estimate of drug-likeness (QED) is 0.620. The van der Waals surface area contributed by atoms with E-state index in [1.807, 2.05) is 13.8 Å². The highest BCUT2D eigenvalue weighted by Gasteiger charge is 2.31. The van der Waals surface area contributed by atoms with Crippen LogP contribution < -0.4 is 5.73 Å². The molecule has 0 aliphatic rings. The number of anilines is 1. The van der Waals surface area contributed by atoms with Crippen molar-refractivity contribution >= 4 is 43.2 Å². The van der Waals surface area contributed by atoms with E-state index in [0.29, 0.717) is 12.8 Å². The first kappa shape index (κ1) is 17.7. The van der Waals surface area contributed by atoms with Crippen LogP contribution in [-0.2, 0) is 10.0 Å². The Morgan fingerprint density at radius 3 is 2.40 bits per heavy atom. The van der Waals surface area contributed by atoms with E-state index >= 15 is 0 Å². The number of sulfonamides is 1. The summed E-state index contributed by atoms with van der Waals surface area (Å²) in [6.07, 6.45) is 1.27. The van der Waals surface area contributed by atoms with Crippen LogP contribution in [0.5, 0.6) is 0 Å². The average Bonchev–Trinajstić information content (AvgIpc) is 2.41. The van der Waals surface area contributed by atoms with Gasteiger partial charge in [-0.2, -0.15) is 4.31 Å². The number of halogens is 3. The van der Waals surface area contributed by atoms with Gasteiger partial charge in [0.25, 0.3) is 0 Å². The zero-order valence-corrected chi connectivity index (χ0v) is 14.6. The number of benzene rings is 1. The van der Waals surface area contributed by atoms with Crippen molar-refractivity contribution in [3.63, 3.8) is 0 Å². The van der Waals surface area contributed by atoms with E-state index in [-0.39, 0.29) is 21.2 Å². The van der Waals surface area contributed by atoms with Gasteiger partial charge in [-0.1, -0.05) is 25.4 Å². The third kappa shape index (κ3) is 3.10. The van der Waals surface area contributed by atoms with Gasteiger partial charge in [0.05, 0.1) is 15.2 Å². The molecule has 0 unspecified atom stereocenters. The molecular formula is C12H17BrClFN2O2S. The molecule has 0 aliphatic carbocycles. The minimum absolute atomic E-state index is 0.0559. The molecule has 4 nitrogen and oxygen atoms in total. The van der Waals surface area contributed by atoms with Crippen molar-refractivity contribution in [3.05, 3.63) is 21.4 Å². The molecule has 0 fully saturated rings. The predicted molar refractivity (Wildman–Crippen MR) is 82.8 cm³/mol. The molecule has 0 saturated heterocycles. The summed E-state index contributed by atoms with van der Waals surface area (Å²) in [4.78, 5) is -0.502. The van der Waals surface area contributed by atoms with E-state index in [1.165, 1.54) is 7.05 Å². The average molecular weight is 388 g/mol. The normalized spacial score (nSPS) is 12.4. The van der Waals surface area contributed by atoms with Crippen LogP contribution in [0.4, 0.5) is 10.1 Å². The van der Waals surface area contributed by atoms with Gasteiger partial charge >= 0.3 is 0 Å². The molecular weight excluding hydrogens is 371 g/mol. The second-order valence-electron chi connectivity index (χ2n) is 4.39. The maximum absolute atomic E-state index is 14.2. The number of hydrogen-bond donors (Lipinski definition) is 1. The molecule has 1 aromatic carbocycles. The molecule has 0 aromatic heterocycles. The van der Waals surface area contributed by atoms with Crippen LogP contribution in [0.25, 0.3) is 0 Å². The first-order valence-corrected chi connectivity index (χ1v) is 8.70. The second kappa shape index (κ2) is 6.60. The molecule has 0 heterocycles. The standard InChI is InChI=1S/C12H17BrClFN2O2S/c1-4-7(5-2)17(3)20(18,19)9-6-8(14)10(13)12(16)11(9)15/h6-7H,4-5,16H2,1-3H3. The molecule has 0 saturated carbocycles.